The summed E-state index contributed by atoms with van der Waals surface area (Å²) in [6, 6.07) is 0. The minimum Gasteiger partial charge on any atom is -0.178 e. The van der Waals surface area contributed by atoms with Crippen molar-refractivity contribution in [2.75, 3.05) is 13.2 Å². The Morgan fingerprint density at radius 1 is 1.38 bits per heavy atom. The fraction of sp³-hybridized carbons (Fsp3) is 1.00. The summed E-state index contributed by atoms with van der Waals surface area (Å²) < 4.78 is 9.35. The van der Waals surface area contributed by atoms with Crippen LogP contribution >= 0.6 is 18.5 Å². The predicted octanol–water partition coefficient (Wildman–Crippen LogP) is 1.33. The third kappa shape index (κ3) is 1.84. The van der Waals surface area contributed by atoms with Crippen molar-refractivity contribution < 1.29 is 13.9 Å². The van der Waals surface area contributed by atoms with Gasteiger partial charge in [-0.25, -0.2) is 0 Å². The molecule has 8 heavy (non-hydrogen) atoms. The first-order valence-corrected chi connectivity index (χ1v) is 4.79. The van der Waals surface area contributed by atoms with Crippen LogP contribution in [-0.2, 0) is 9.05 Å². The summed E-state index contributed by atoms with van der Waals surface area (Å²) in [5.41, 5.74) is 0. The minimum absolute atomic E-state index is 0.508. The van der Waals surface area contributed by atoms with Gasteiger partial charge >= 0.3 is 7.30 Å². The summed E-state index contributed by atoms with van der Waals surface area (Å²) in [5, 5.41) is 0. The second kappa shape index (κ2) is 2.46. The van der Waals surface area contributed by atoms with Crippen LogP contribution in [0.4, 0.5) is 0 Å². The third-order valence-corrected chi connectivity index (χ3v) is 2.38. The second-order valence-corrected chi connectivity index (χ2v) is 4.17. The molecular formula is C3H7ClO3P+. The van der Waals surface area contributed by atoms with Crippen molar-refractivity contribution in [1.82, 2.24) is 0 Å². The lowest BCUT2D eigenvalue weighted by atomic mass is 10.5. The van der Waals surface area contributed by atoms with E-state index >= 15 is 0 Å². The van der Waals surface area contributed by atoms with Gasteiger partial charge in [-0.2, -0.15) is 13.9 Å². The molecule has 0 aromatic carbocycles. The Bertz CT molecular complexity index is 78.6. The molecule has 48 valence electrons. The highest BCUT2D eigenvalue weighted by molar-refractivity contribution is 7.86. The van der Waals surface area contributed by atoms with Crippen molar-refractivity contribution >= 4 is 18.5 Å². The molecule has 0 bridgehead atoms. The lowest BCUT2D eigenvalue weighted by Gasteiger charge is -2.12. The summed E-state index contributed by atoms with van der Waals surface area (Å²) in [7, 11) is -2.86. The van der Waals surface area contributed by atoms with Crippen LogP contribution in [0.2, 0.25) is 0 Å². The summed E-state index contributed by atoms with van der Waals surface area (Å²) in [4.78, 5) is 8.81. The Morgan fingerprint density at radius 2 is 1.88 bits per heavy atom. The van der Waals surface area contributed by atoms with Crippen molar-refractivity contribution in [3.05, 3.63) is 0 Å². The highest BCUT2D eigenvalue weighted by Crippen LogP contribution is 2.63. The van der Waals surface area contributed by atoms with Gasteiger partial charge in [0.15, 0.2) is 11.2 Å². The van der Waals surface area contributed by atoms with E-state index in [0.29, 0.717) is 13.2 Å². The van der Waals surface area contributed by atoms with E-state index in [-0.39, 0.29) is 0 Å². The predicted molar refractivity (Wildman–Crippen MR) is 31.5 cm³/mol. The summed E-state index contributed by atoms with van der Waals surface area (Å²) in [6.45, 7) is 1.02. The van der Waals surface area contributed by atoms with Crippen molar-refractivity contribution in [2.24, 2.45) is 0 Å². The van der Waals surface area contributed by atoms with Crippen LogP contribution in [0.5, 0.6) is 0 Å². The van der Waals surface area contributed by atoms with Gasteiger partial charge in [-0.1, -0.05) is 0 Å². The Balaban J connectivity index is 2.33. The van der Waals surface area contributed by atoms with E-state index in [9.17, 15) is 0 Å². The molecule has 0 radical (unpaired) electrons. The molecular weight excluding hydrogens is 150 g/mol. The van der Waals surface area contributed by atoms with Gasteiger partial charge < -0.3 is 0 Å². The SMILES string of the molecule is O[P+]1(Cl)OCCCO1. The maximum atomic E-state index is 8.81. The van der Waals surface area contributed by atoms with E-state index in [1.165, 1.54) is 0 Å². The molecule has 5 heteroatoms. The van der Waals surface area contributed by atoms with Gasteiger partial charge in [-0.15, -0.1) is 0 Å². The zero-order valence-corrected chi connectivity index (χ0v) is 5.86. The molecule has 0 unspecified atom stereocenters. The van der Waals surface area contributed by atoms with Gasteiger partial charge in [0.2, 0.25) is 0 Å². The molecule has 1 N–H and O–H groups in total. The Morgan fingerprint density at radius 3 is 2.12 bits per heavy atom. The number of rotatable bonds is 0. The average Bonchev–Trinajstić information content (AvgIpc) is 1.65. The van der Waals surface area contributed by atoms with Crippen LogP contribution in [0.3, 0.4) is 0 Å². The van der Waals surface area contributed by atoms with Gasteiger partial charge in [-0.3, -0.25) is 0 Å². The fourth-order valence-electron chi connectivity index (χ4n) is 0.450. The normalized spacial score (nSPS) is 27.8. The quantitative estimate of drug-likeness (QED) is 0.539. The molecule has 1 fully saturated rings. The molecule has 0 aromatic rings. The molecule has 0 aromatic heterocycles. The number of hydrogen-bond donors (Lipinski definition) is 1. The molecule has 1 saturated heterocycles. The van der Waals surface area contributed by atoms with E-state index < -0.39 is 7.30 Å². The first-order valence-electron chi connectivity index (χ1n) is 2.31. The van der Waals surface area contributed by atoms with Gasteiger partial charge in [0, 0.05) is 6.42 Å². The Kier molecular flexibility index (Phi) is 2.07. The lowest BCUT2D eigenvalue weighted by Crippen LogP contribution is -2.08. The molecule has 0 spiro atoms. The van der Waals surface area contributed by atoms with Gasteiger partial charge in [0.05, 0.1) is 0 Å². The van der Waals surface area contributed by atoms with Crippen LogP contribution in [0, 0.1) is 0 Å². The van der Waals surface area contributed by atoms with Gasteiger partial charge in [-0.05, 0) is 0 Å². The topological polar surface area (TPSA) is 38.7 Å². The van der Waals surface area contributed by atoms with E-state index in [1.807, 2.05) is 0 Å². The van der Waals surface area contributed by atoms with Crippen molar-refractivity contribution in [3.8, 4) is 0 Å². The maximum Gasteiger partial charge on any atom is 0.521 e. The minimum atomic E-state index is -2.86. The Hall–Kier alpha value is 0.600. The van der Waals surface area contributed by atoms with E-state index in [1.54, 1.807) is 0 Å². The molecule has 3 nitrogen and oxygen atoms in total. The largest absolute Gasteiger partial charge is 0.521 e. The molecule has 0 saturated carbocycles. The zero-order valence-electron chi connectivity index (χ0n) is 4.21. The summed E-state index contributed by atoms with van der Waals surface area (Å²) in [5.74, 6) is 0. The van der Waals surface area contributed by atoms with Crippen molar-refractivity contribution in [3.63, 3.8) is 0 Å². The number of halogens is 1. The maximum absolute atomic E-state index is 8.81. The first-order chi connectivity index (χ1) is 3.71. The van der Waals surface area contributed by atoms with E-state index in [4.69, 9.17) is 16.1 Å². The third-order valence-electron chi connectivity index (χ3n) is 0.790. The molecule has 1 aliphatic rings. The van der Waals surface area contributed by atoms with Crippen LogP contribution in [0.15, 0.2) is 0 Å². The highest BCUT2D eigenvalue weighted by Gasteiger charge is 2.41. The molecule has 1 aliphatic heterocycles. The zero-order chi connectivity index (χ0) is 6.04. The lowest BCUT2D eigenvalue weighted by molar-refractivity contribution is 0.135. The van der Waals surface area contributed by atoms with Gasteiger partial charge in [0.1, 0.15) is 13.2 Å². The van der Waals surface area contributed by atoms with Crippen LogP contribution in [0.25, 0.3) is 0 Å². The first kappa shape index (κ1) is 6.72. The van der Waals surface area contributed by atoms with Crippen LogP contribution in [0.1, 0.15) is 6.42 Å². The van der Waals surface area contributed by atoms with Crippen molar-refractivity contribution in [2.45, 2.75) is 6.42 Å². The average molecular weight is 158 g/mol. The number of hydrogen-bond acceptors (Lipinski definition) is 3. The van der Waals surface area contributed by atoms with E-state index in [0.717, 1.165) is 6.42 Å². The summed E-state index contributed by atoms with van der Waals surface area (Å²) in [6.07, 6.45) is 0.815. The smallest absolute Gasteiger partial charge is 0.178 e. The molecule has 1 heterocycles. The van der Waals surface area contributed by atoms with Crippen LogP contribution < -0.4 is 0 Å². The van der Waals surface area contributed by atoms with Gasteiger partial charge in [0.25, 0.3) is 0 Å². The summed E-state index contributed by atoms with van der Waals surface area (Å²) >= 11 is 5.29. The Labute approximate surface area is 52.9 Å². The molecule has 0 amide bonds. The van der Waals surface area contributed by atoms with E-state index in [2.05, 4.69) is 9.05 Å². The fourth-order valence-corrected chi connectivity index (χ4v) is 1.65. The van der Waals surface area contributed by atoms with Crippen molar-refractivity contribution in [1.29, 1.82) is 0 Å². The molecule has 1 rings (SSSR count). The highest BCUT2D eigenvalue weighted by atomic mass is 35.7. The monoisotopic (exact) mass is 157 g/mol. The molecule has 0 aliphatic carbocycles. The standard InChI is InChI=1S/C3H7ClO3P/c4-8(5)6-2-1-3-7-8/h5H,1-3H2/q+1. The molecule has 0 atom stereocenters. The second-order valence-electron chi connectivity index (χ2n) is 1.47. The van der Waals surface area contributed by atoms with Crippen LogP contribution in [-0.4, -0.2) is 18.1 Å².